The molecule has 0 aliphatic rings. The monoisotopic (exact) mass is 275 g/mol. The molecule has 7 heteroatoms. The fraction of sp³-hybridized carbons (Fsp3) is 0. The van der Waals surface area contributed by atoms with Crippen molar-refractivity contribution in [3.8, 4) is 11.4 Å². The second-order valence-electron chi connectivity index (χ2n) is 4.65. The van der Waals surface area contributed by atoms with Crippen LogP contribution in [0, 0.1) is 5.82 Å². The molecule has 0 aliphatic carbocycles. The van der Waals surface area contributed by atoms with Gasteiger partial charge in [-0.25, -0.2) is 14.4 Å². The molecular formula is C14H7BFN5. The van der Waals surface area contributed by atoms with E-state index in [4.69, 9.17) is 7.85 Å². The molecule has 2 radical (unpaired) electrons. The van der Waals surface area contributed by atoms with Gasteiger partial charge in [0.1, 0.15) is 14.2 Å². The fourth-order valence-corrected chi connectivity index (χ4v) is 2.21. The van der Waals surface area contributed by atoms with Crippen LogP contribution in [0.1, 0.15) is 0 Å². The average Bonchev–Trinajstić information content (AvgIpc) is 2.95. The molecule has 0 amide bonds. The molecule has 0 spiro atoms. The van der Waals surface area contributed by atoms with Crippen LogP contribution < -0.4 is 5.46 Å². The largest absolute Gasteiger partial charge is 0.286 e. The van der Waals surface area contributed by atoms with Crippen molar-refractivity contribution in [1.82, 2.24) is 24.6 Å². The second kappa shape index (κ2) is 4.34. The Bertz CT molecular complexity index is 982. The molecule has 0 saturated heterocycles. The number of halogens is 1. The van der Waals surface area contributed by atoms with Crippen LogP contribution in [0.25, 0.3) is 27.9 Å². The van der Waals surface area contributed by atoms with Gasteiger partial charge in [-0.2, -0.15) is 0 Å². The lowest BCUT2D eigenvalue weighted by atomic mass is 9.95. The summed E-state index contributed by atoms with van der Waals surface area (Å²) in [5, 5.41) is 8.21. The molecule has 1 aromatic carbocycles. The van der Waals surface area contributed by atoms with Gasteiger partial charge < -0.3 is 0 Å². The lowest BCUT2D eigenvalue weighted by Gasteiger charge is -2.04. The number of hydrogen-bond donors (Lipinski definition) is 0. The highest BCUT2D eigenvalue weighted by molar-refractivity contribution is 6.33. The molecule has 0 atom stereocenters. The van der Waals surface area contributed by atoms with Gasteiger partial charge in [-0.05, 0) is 12.1 Å². The third-order valence-electron chi connectivity index (χ3n) is 3.21. The van der Waals surface area contributed by atoms with E-state index in [-0.39, 0.29) is 5.65 Å². The van der Waals surface area contributed by atoms with Crippen molar-refractivity contribution in [3.63, 3.8) is 0 Å². The SMILES string of the molecule is [B]c1ccc2nc(-c3cc(F)c4nncn4c3)ncc2c1. The van der Waals surface area contributed by atoms with Crippen LogP contribution in [0.4, 0.5) is 4.39 Å². The van der Waals surface area contributed by atoms with Gasteiger partial charge in [0.05, 0.1) is 5.52 Å². The molecule has 0 fully saturated rings. The standard InChI is InChI=1S/C14H7BFN5/c15-10-1-2-12-8(3-10)5-17-13(19-12)9-4-11(16)14-20-18-7-21(14)6-9/h1-7H. The molecular weight excluding hydrogens is 268 g/mol. The molecule has 4 aromatic rings. The Hall–Kier alpha value is -2.83. The Morgan fingerprint density at radius 2 is 2.10 bits per heavy atom. The molecule has 3 aromatic heterocycles. The smallest absolute Gasteiger partial charge is 0.196 e. The Labute approximate surface area is 119 Å². The normalized spacial score (nSPS) is 11.3. The maximum absolute atomic E-state index is 13.9. The maximum atomic E-state index is 13.9. The maximum Gasteiger partial charge on any atom is 0.196 e. The van der Waals surface area contributed by atoms with Gasteiger partial charge in [-0.1, -0.05) is 17.6 Å². The second-order valence-corrected chi connectivity index (χ2v) is 4.65. The summed E-state index contributed by atoms with van der Waals surface area (Å²) >= 11 is 0. The zero-order valence-electron chi connectivity index (χ0n) is 10.7. The van der Waals surface area contributed by atoms with Gasteiger partial charge in [0.15, 0.2) is 17.3 Å². The summed E-state index contributed by atoms with van der Waals surface area (Å²) in [4.78, 5) is 8.69. The van der Waals surface area contributed by atoms with Crippen molar-refractivity contribution < 1.29 is 4.39 Å². The van der Waals surface area contributed by atoms with E-state index in [1.54, 1.807) is 24.5 Å². The van der Waals surface area contributed by atoms with Crippen LogP contribution in [0.15, 0.2) is 43.0 Å². The Kier molecular flexibility index (Phi) is 2.47. The molecule has 0 unspecified atom stereocenters. The van der Waals surface area contributed by atoms with E-state index >= 15 is 0 Å². The molecule has 98 valence electrons. The molecule has 0 saturated carbocycles. The van der Waals surface area contributed by atoms with Crippen LogP contribution in [0.2, 0.25) is 0 Å². The quantitative estimate of drug-likeness (QED) is 0.491. The molecule has 3 heterocycles. The van der Waals surface area contributed by atoms with Crippen LogP contribution in [0.5, 0.6) is 0 Å². The molecule has 0 bridgehead atoms. The van der Waals surface area contributed by atoms with Gasteiger partial charge in [0.2, 0.25) is 0 Å². The summed E-state index contributed by atoms with van der Waals surface area (Å²) in [6, 6.07) is 6.72. The zero-order valence-corrected chi connectivity index (χ0v) is 10.7. The van der Waals surface area contributed by atoms with Crippen LogP contribution in [-0.4, -0.2) is 32.4 Å². The summed E-state index contributed by atoms with van der Waals surface area (Å²) in [5.41, 5.74) is 2.13. The minimum absolute atomic E-state index is 0.173. The summed E-state index contributed by atoms with van der Waals surface area (Å²) in [7, 11) is 5.72. The van der Waals surface area contributed by atoms with E-state index in [9.17, 15) is 4.39 Å². The number of fused-ring (bicyclic) bond motifs is 2. The van der Waals surface area contributed by atoms with Crippen molar-refractivity contribution >= 4 is 29.9 Å². The van der Waals surface area contributed by atoms with E-state index in [2.05, 4.69) is 20.2 Å². The minimum atomic E-state index is -0.467. The third kappa shape index (κ3) is 1.94. The van der Waals surface area contributed by atoms with Crippen molar-refractivity contribution in [1.29, 1.82) is 0 Å². The van der Waals surface area contributed by atoms with E-state index in [1.165, 1.54) is 16.8 Å². The highest BCUT2D eigenvalue weighted by Crippen LogP contribution is 2.20. The summed E-state index contributed by atoms with van der Waals surface area (Å²) in [5.74, 6) is -0.0345. The van der Waals surface area contributed by atoms with Crippen LogP contribution in [0.3, 0.4) is 0 Å². The highest BCUT2D eigenvalue weighted by atomic mass is 19.1. The Morgan fingerprint density at radius 1 is 1.19 bits per heavy atom. The Balaban J connectivity index is 1.93. The lowest BCUT2D eigenvalue weighted by Crippen LogP contribution is -2.01. The van der Waals surface area contributed by atoms with Crippen molar-refractivity contribution in [2.45, 2.75) is 0 Å². The first kappa shape index (κ1) is 12.0. The van der Waals surface area contributed by atoms with Crippen molar-refractivity contribution in [2.24, 2.45) is 0 Å². The number of pyridine rings is 1. The number of nitrogens with zero attached hydrogens (tertiary/aromatic N) is 5. The zero-order chi connectivity index (χ0) is 14.4. The lowest BCUT2D eigenvalue weighted by molar-refractivity contribution is 0.630. The predicted molar refractivity (Wildman–Crippen MR) is 76.9 cm³/mol. The molecule has 0 N–H and O–H groups in total. The highest BCUT2D eigenvalue weighted by Gasteiger charge is 2.10. The van der Waals surface area contributed by atoms with E-state index in [1.807, 2.05) is 6.07 Å². The number of aromatic nitrogens is 5. The number of rotatable bonds is 1. The minimum Gasteiger partial charge on any atom is -0.286 e. The summed E-state index contributed by atoms with van der Waals surface area (Å²) < 4.78 is 15.4. The van der Waals surface area contributed by atoms with Gasteiger partial charge in [-0.3, -0.25) is 4.40 Å². The van der Waals surface area contributed by atoms with E-state index in [0.29, 0.717) is 16.9 Å². The molecule has 4 rings (SSSR count). The van der Waals surface area contributed by atoms with Gasteiger partial charge >= 0.3 is 0 Å². The first-order chi connectivity index (χ1) is 10.2. The van der Waals surface area contributed by atoms with Crippen LogP contribution >= 0.6 is 0 Å². The van der Waals surface area contributed by atoms with Crippen LogP contribution in [-0.2, 0) is 0 Å². The van der Waals surface area contributed by atoms with Crippen molar-refractivity contribution in [2.75, 3.05) is 0 Å². The third-order valence-corrected chi connectivity index (χ3v) is 3.21. The number of benzene rings is 1. The number of hydrogen-bond acceptors (Lipinski definition) is 4. The van der Waals surface area contributed by atoms with Gasteiger partial charge in [0, 0.05) is 23.3 Å². The summed E-state index contributed by atoms with van der Waals surface area (Å²) in [6.07, 6.45) is 4.79. The fourth-order valence-electron chi connectivity index (χ4n) is 2.21. The predicted octanol–water partition coefficient (Wildman–Crippen LogP) is 1.27. The molecule has 5 nitrogen and oxygen atoms in total. The molecule has 21 heavy (non-hydrogen) atoms. The van der Waals surface area contributed by atoms with Crippen molar-refractivity contribution in [3.05, 3.63) is 48.8 Å². The average molecular weight is 275 g/mol. The van der Waals surface area contributed by atoms with Gasteiger partial charge in [0.25, 0.3) is 0 Å². The first-order valence-corrected chi connectivity index (χ1v) is 6.22. The Morgan fingerprint density at radius 3 is 3.00 bits per heavy atom. The van der Waals surface area contributed by atoms with E-state index < -0.39 is 5.82 Å². The van der Waals surface area contributed by atoms with Gasteiger partial charge in [-0.15, -0.1) is 10.2 Å². The summed E-state index contributed by atoms with van der Waals surface area (Å²) in [6.45, 7) is 0. The van der Waals surface area contributed by atoms with E-state index in [0.717, 1.165) is 10.9 Å². The first-order valence-electron chi connectivity index (χ1n) is 6.22. The molecule has 0 aliphatic heterocycles. The topological polar surface area (TPSA) is 56.0 Å².